The Morgan fingerprint density at radius 2 is 2.04 bits per heavy atom. The fourth-order valence-electron chi connectivity index (χ4n) is 3.61. The molecule has 3 atom stereocenters. The molecule has 1 aliphatic carbocycles. The van der Waals surface area contributed by atoms with Crippen LogP contribution in [-0.2, 0) is 9.53 Å². The van der Waals surface area contributed by atoms with Crippen LogP contribution in [0.4, 0.5) is 0 Å². The van der Waals surface area contributed by atoms with E-state index in [1.165, 1.54) is 38.5 Å². The lowest BCUT2D eigenvalue weighted by atomic mass is 9.84. The van der Waals surface area contributed by atoms with Crippen LogP contribution in [0.15, 0.2) is 4.99 Å². The lowest BCUT2D eigenvalue weighted by Crippen LogP contribution is -2.48. The third kappa shape index (κ3) is 7.22. The smallest absolute Gasteiger partial charge is 0.243 e. The van der Waals surface area contributed by atoms with Gasteiger partial charge in [0.15, 0.2) is 5.96 Å². The van der Waals surface area contributed by atoms with Crippen molar-refractivity contribution < 1.29 is 9.53 Å². The molecule has 0 aromatic rings. The number of carbonyl (C=O) groups excluding carboxylic acids is 1. The summed E-state index contributed by atoms with van der Waals surface area (Å²) >= 11 is 0. The minimum absolute atomic E-state index is 0.0186. The van der Waals surface area contributed by atoms with Crippen LogP contribution >= 0.6 is 0 Å². The van der Waals surface area contributed by atoms with Crippen molar-refractivity contribution in [1.29, 1.82) is 0 Å². The maximum absolute atomic E-state index is 11.9. The van der Waals surface area contributed by atoms with Gasteiger partial charge in [0.05, 0.1) is 6.10 Å². The van der Waals surface area contributed by atoms with E-state index in [2.05, 4.69) is 22.5 Å². The van der Waals surface area contributed by atoms with E-state index >= 15 is 0 Å². The molecule has 1 heterocycles. The van der Waals surface area contributed by atoms with E-state index in [0.717, 1.165) is 37.9 Å². The SMILES string of the molecule is CCC1CCCC(NC(=NCC(=O)N(C)C)NCC2CCCCO2)C1. The van der Waals surface area contributed by atoms with Gasteiger partial charge in [0.25, 0.3) is 0 Å². The maximum Gasteiger partial charge on any atom is 0.243 e. The normalized spacial score (nSPS) is 27.6. The standard InChI is InChI=1S/C19H36N4O2/c1-4-15-8-7-9-16(12-15)22-19(21-14-18(24)23(2)3)20-13-17-10-5-6-11-25-17/h15-17H,4-14H2,1-3H3,(H2,20,21,22). The predicted molar refractivity (Wildman–Crippen MR) is 102 cm³/mol. The zero-order valence-corrected chi connectivity index (χ0v) is 16.2. The second-order valence-corrected chi connectivity index (χ2v) is 7.60. The van der Waals surface area contributed by atoms with E-state index in [4.69, 9.17) is 4.74 Å². The number of nitrogens with one attached hydrogen (secondary N) is 2. The summed E-state index contributed by atoms with van der Waals surface area (Å²) < 4.78 is 5.80. The highest BCUT2D eigenvalue weighted by atomic mass is 16.5. The first-order valence-corrected chi connectivity index (χ1v) is 9.95. The van der Waals surface area contributed by atoms with Crippen molar-refractivity contribution in [2.75, 3.05) is 33.8 Å². The average molecular weight is 353 g/mol. The number of likely N-dealkylation sites (N-methyl/N-ethyl adjacent to an activating group) is 1. The van der Waals surface area contributed by atoms with Crippen molar-refractivity contribution >= 4 is 11.9 Å². The van der Waals surface area contributed by atoms with Crippen molar-refractivity contribution in [3.8, 4) is 0 Å². The topological polar surface area (TPSA) is 66.0 Å². The Hall–Kier alpha value is -1.30. The summed E-state index contributed by atoms with van der Waals surface area (Å²) in [5.74, 6) is 1.58. The molecule has 0 aromatic carbocycles. The monoisotopic (exact) mass is 352 g/mol. The van der Waals surface area contributed by atoms with Gasteiger partial charge in [-0.15, -0.1) is 0 Å². The molecule has 2 N–H and O–H groups in total. The molecule has 25 heavy (non-hydrogen) atoms. The summed E-state index contributed by atoms with van der Waals surface area (Å²) in [4.78, 5) is 18.0. The molecule has 1 amide bonds. The number of guanidine groups is 1. The van der Waals surface area contributed by atoms with Crippen LogP contribution in [0.3, 0.4) is 0 Å². The summed E-state index contributed by atoms with van der Waals surface area (Å²) in [5.41, 5.74) is 0. The van der Waals surface area contributed by atoms with E-state index in [-0.39, 0.29) is 18.6 Å². The van der Waals surface area contributed by atoms with Crippen LogP contribution in [0, 0.1) is 5.92 Å². The molecule has 0 spiro atoms. The van der Waals surface area contributed by atoms with Gasteiger partial charge in [-0.3, -0.25) is 4.79 Å². The molecule has 0 radical (unpaired) electrons. The second kappa shape index (κ2) is 10.6. The van der Waals surface area contributed by atoms with Gasteiger partial charge < -0.3 is 20.3 Å². The van der Waals surface area contributed by atoms with Crippen molar-refractivity contribution in [2.24, 2.45) is 10.9 Å². The molecule has 6 heteroatoms. The fourth-order valence-corrected chi connectivity index (χ4v) is 3.61. The molecular weight excluding hydrogens is 316 g/mol. The minimum atomic E-state index is 0.0186. The molecule has 0 aromatic heterocycles. The predicted octanol–water partition coefficient (Wildman–Crippen LogP) is 2.15. The van der Waals surface area contributed by atoms with Gasteiger partial charge in [-0.05, 0) is 38.0 Å². The van der Waals surface area contributed by atoms with E-state index in [9.17, 15) is 4.79 Å². The molecule has 1 aliphatic heterocycles. The lowest BCUT2D eigenvalue weighted by molar-refractivity contribution is -0.127. The molecular formula is C19H36N4O2. The Morgan fingerprint density at radius 1 is 1.20 bits per heavy atom. The van der Waals surface area contributed by atoms with E-state index in [0.29, 0.717) is 6.04 Å². The van der Waals surface area contributed by atoms with Crippen molar-refractivity contribution in [1.82, 2.24) is 15.5 Å². The average Bonchev–Trinajstić information content (AvgIpc) is 2.64. The number of hydrogen-bond donors (Lipinski definition) is 2. The Kier molecular flexibility index (Phi) is 8.52. The first-order valence-electron chi connectivity index (χ1n) is 9.95. The zero-order valence-electron chi connectivity index (χ0n) is 16.2. The van der Waals surface area contributed by atoms with E-state index in [1.54, 1.807) is 19.0 Å². The largest absolute Gasteiger partial charge is 0.376 e. The number of amides is 1. The van der Waals surface area contributed by atoms with Crippen LogP contribution in [-0.4, -0.2) is 62.7 Å². The number of carbonyl (C=O) groups is 1. The molecule has 1 saturated carbocycles. The number of rotatable bonds is 6. The fraction of sp³-hybridized carbons (Fsp3) is 0.895. The third-order valence-corrected chi connectivity index (χ3v) is 5.34. The highest BCUT2D eigenvalue weighted by Gasteiger charge is 2.22. The highest BCUT2D eigenvalue weighted by molar-refractivity contribution is 5.84. The van der Waals surface area contributed by atoms with Crippen molar-refractivity contribution in [3.05, 3.63) is 0 Å². The Bertz CT molecular complexity index is 433. The maximum atomic E-state index is 11.9. The van der Waals surface area contributed by atoms with Crippen LogP contribution in [0.2, 0.25) is 0 Å². The van der Waals surface area contributed by atoms with Gasteiger partial charge in [0.2, 0.25) is 5.91 Å². The first-order chi connectivity index (χ1) is 12.1. The quantitative estimate of drug-likeness (QED) is 0.568. The Morgan fingerprint density at radius 3 is 2.72 bits per heavy atom. The molecule has 0 bridgehead atoms. The van der Waals surface area contributed by atoms with Gasteiger partial charge in [-0.25, -0.2) is 4.99 Å². The molecule has 2 rings (SSSR count). The third-order valence-electron chi connectivity index (χ3n) is 5.34. The molecule has 2 aliphatic rings. The van der Waals surface area contributed by atoms with Crippen LogP contribution in [0.25, 0.3) is 0 Å². The molecule has 144 valence electrons. The Balaban J connectivity index is 1.90. The Labute approximate surface area is 152 Å². The summed E-state index contributed by atoms with van der Waals surface area (Å²) in [7, 11) is 3.53. The molecule has 3 unspecified atom stereocenters. The van der Waals surface area contributed by atoms with Crippen LogP contribution < -0.4 is 10.6 Å². The van der Waals surface area contributed by atoms with Crippen LogP contribution in [0.1, 0.15) is 58.3 Å². The summed E-state index contributed by atoms with van der Waals surface area (Å²) in [6.45, 7) is 4.06. The molecule has 2 fully saturated rings. The van der Waals surface area contributed by atoms with Gasteiger partial charge in [-0.1, -0.05) is 26.2 Å². The summed E-state index contributed by atoms with van der Waals surface area (Å²) in [6.07, 6.45) is 9.96. The van der Waals surface area contributed by atoms with E-state index in [1.807, 2.05) is 0 Å². The van der Waals surface area contributed by atoms with Gasteiger partial charge in [0.1, 0.15) is 6.54 Å². The van der Waals surface area contributed by atoms with Gasteiger partial charge >= 0.3 is 0 Å². The molecule has 6 nitrogen and oxygen atoms in total. The van der Waals surface area contributed by atoms with Crippen LogP contribution in [0.5, 0.6) is 0 Å². The van der Waals surface area contributed by atoms with Crippen molar-refractivity contribution in [2.45, 2.75) is 70.4 Å². The number of ether oxygens (including phenoxy) is 1. The first kappa shape index (κ1) is 20.0. The van der Waals surface area contributed by atoms with Gasteiger partial charge in [-0.2, -0.15) is 0 Å². The summed E-state index contributed by atoms with van der Waals surface area (Å²) in [6, 6.07) is 0.451. The number of nitrogens with zero attached hydrogens (tertiary/aromatic N) is 2. The van der Waals surface area contributed by atoms with E-state index < -0.39 is 0 Å². The highest BCUT2D eigenvalue weighted by Crippen LogP contribution is 2.26. The van der Waals surface area contributed by atoms with Gasteiger partial charge in [0, 0.05) is 33.3 Å². The minimum Gasteiger partial charge on any atom is -0.376 e. The van der Waals surface area contributed by atoms with Crippen molar-refractivity contribution in [3.63, 3.8) is 0 Å². The summed E-state index contributed by atoms with van der Waals surface area (Å²) in [5, 5.41) is 6.97. The zero-order chi connectivity index (χ0) is 18.1. The number of aliphatic imine (C=N–C) groups is 1. The molecule has 1 saturated heterocycles. The second-order valence-electron chi connectivity index (χ2n) is 7.60. The number of hydrogen-bond acceptors (Lipinski definition) is 3. The lowest BCUT2D eigenvalue weighted by Gasteiger charge is -2.31.